The van der Waals surface area contributed by atoms with Gasteiger partial charge in [0.1, 0.15) is 23.5 Å². The van der Waals surface area contributed by atoms with Crippen molar-refractivity contribution in [1.82, 2.24) is 0 Å². The molecule has 0 radical (unpaired) electrons. The zero-order chi connectivity index (χ0) is 23.8. The van der Waals surface area contributed by atoms with E-state index in [0.717, 1.165) is 19.1 Å². The highest BCUT2D eigenvalue weighted by Gasteiger charge is 2.20. The molecule has 31 heavy (non-hydrogen) atoms. The second kappa shape index (κ2) is 15.4. The van der Waals surface area contributed by atoms with E-state index in [-0.39, 0.29) is 40.1 Å². The normalized spacial score (nSPS) is 8.90. The van der Waals surface area contributed by atoms with Gasteiger partial charge in [-0.05, 0) is 30.7 Å². The lowest BCUT2D eigenvalue weighted by atomic mass is 10.1. The Bertz CT molecular complexity index is 1000. The molecule has 4 nitrogen and oxygen atoms in total. The highest BCUT2D eigenvalue weighted by Crippen LogP contribution is 2.30. The summed E-state index contributed by atoms with van der Waals surface area (Å²) in [4.78, 5) is 21.5. The van der Waals surface area contributed by atoms with E-state index in [4.69, 9.17) is 45.3 Å². The molecular formula is C17H6Cl3F4I3N2O2. The van der Waals surface area contributed by atoms with Crippen LogP contribution in [0, 0.1) is 45.9 Å². The average Bonchev–Trinajstić information content (AvgIpc) is 2.70. The fraction of sp³-hybridized carbons (Fsp3) is 0.0588. The van der Waals surface area contributed by atoms with E-state index in [1.54, 1.807) is 6.07 Å². The Kier molecular flexibility index (Phi) is 16.2. The van der Waals surface area contributed by atoms with Crippen LogP contribution >= 0.6 is 96.0 Å². The number of nitriles is 2. The van der Waals surface area contributed by atoms with Crippen molar-refractivity contribution in [2.45, 2.75) is 6.92 Å². The van der Waals surface area contributed by atoms with Crippen molar-refractivity contribution in [2.75, 3.05) is 0 Å². The number of ketones is 1. The topological polar surface area (TPSA) is 81.7 Å². The number of benzene rings is 2. The van der Waals surface area contributed by atoms with Crippen LogP contribution in [0.3, 0.4) is 0 Å². The number of hydrogen-bond donors (Lipinski definition) is 0. The van der Waals surface area contributed by atoms with Gasteiger partial charge in [-0.1, -0.05) is 23.2 Å². The molecule has 0 atom stereocenters. The summed E-state index contributed by atoms with van der Waals surface area (Å²) in [6.45, 7) is 0.997. The maximum Gasteiger partial charge on any atom is 0.254 e. The monoisotopic (exact) mass is 832 g/mol. The second-order valence-corrected chi connectivity index (χ2v) is 5.97. The second-order valence-electron chi connectivity index (χ2n) is 4.87. The smallest absolute Gasteiger partial charge is 0.254 e. The predicted molar refractivity (Wildman–Crippen MR) is 136 cm³/mol. The molecule has 166 valence electrons. The van der Waals surface area contributed by atoms with E-state index in [9.17, 15) is 27.2 Å². The zero-order valence-corrected chi connectivity index (χ0v) is 23.6. The molecule has 0 saturated carbocycles. The molecule has 0 spiro atoms. The maximum absolute atomic E-state index is 13.1. The van der Waals surface area contributed by atoms with Gasteiger partial charge in [-0.25, -0.2) is 17.6 Å². The van der Waals surface area contributed by atoms with E-state index in [0.29, 0.717) is 6.07 Å². The number of nitrogens with zero attached hydrogens (tertiary/aromatic N) is 2. The van der Waals surface area contributed by atoms with Gasteiger partial charge in [0.2, 0.25) is 0 Å². The summed E-state index contributed by atoms with van der Waals surface area (Å²) in [5, 5.41) is 15.3. The van der Waals surface area contributed by atoms with Crippen LogP contribution in [0.4, 0.5) is 17.6 Å². The number of carbonyl (C=O) groups is 2. The fourth-order valence-corrected chi connectivity index (χ4v) is 2.52. The van der Waals surface area contributed by atoms with Crippen LogP contribution in [-0.4, -0.2) is 11.0 Å². The highest BCUT2D eigenvalue weighted by molar-refractivity contribution is 15.0. The molecular weight excluding hydrogens is 827 g/mol. The molecule has 0 N–H and O–H groups in total. The fourth-order valence-electron chi connectivity index (χ4n) is 1.80. The minimum atomic E-state index is -1.57. The van der Waals surface area contributed by atoms with Crippen LogP contribution in [0.1, 0.15) is 38.8 Å². The van der Waals surface area contributed by atoms with Crippen molar-refractivity contribution >= 4 is 107 Å². The van der Waals surface area contributed by atoms with E-state index in [1.807, 2.05) is 0 Å². The van der Waals surface area contributed by atoms with Crippen LogP contribution in [0.25, 0.3) is 0 Å². The molecule has 0 saturated heterocycles. The first-order valence-corrected chi connectivity index (χ1v) is 14.4. The number of carbonyl (C=O) groups excluding carboxylic acids is 2. The molecule has 2 aromatic rings. The summed E-state index contributed by atoms with van der Waals surface area (Å²) in [5.74, 6) is -5.98. The SMILES string of the molecule is CC(=O)c1cc(F)c(F)c(C#N)c1F.I.II.N#Cc1c(Cl)c(F)cc(C(=O)Cl)c1Cl. The Morgan fingerprint density at radius 3 is 1.71 bits per heavy atom. The zero-order valence-electron chi connectivity index (χ0n) is 14.7. The molecule has 0 aromatic heterocycles. The summed E-state index contributed by atoms with van der Waals surface area (Å²) >= 11 is 20.4. The minimum absolute atomic E-state index is 0. The summed E-state index contributed by atoms with van der Waals surface area (Å²) in [5.41, 5.74) is -2.26. The van der Waals surface area contributed by atoms with Crippen molar-refractivity contribution in [2.24, 2.45) is 0 Å². The van der Waals surface area contributed by atoms with Crippen LogP contribution < -0.4 is 0 Å². The van der Waals surface area contributed by atoms with Gasteiger partial charge in [-0.3, -0.25) is 9.59 Å². The van der Waals surface area contributed by atoms with Gasteiger partial charge in [0.25, 0.3) is 5.24 Å². The third kappa shape index (κ3) is 8.43. The lowest BCUT2D eigenvalue weighted by molar-refractivity contribution is 0.101. The molecule has 0 fully saturated rings. The first-order chi connectivity index (χ1) is 14.0. The van der Waals surface area contributed by atoms with Crippen LogP contribution in [-0.2, 0) is 0 Å². The largest absolute Gasteiger partial charge is 0.294 e. The summed E-state index contributed by atoms with van der Waals surface area (Å²) in [6.07, 6.45) is 0. The first kappa shape index (κ1) is 32.7. The third-order valence-electron chi connectivity index (χ3n) is 3.13. The van der Waals surface area contributed by atoms with Gasteiger partial charge in [-0.2, -0.15) is 10.5 Å². The Balaban J connectivity index is 0. The van der Waals surface area contributed by atoms with Crippen molar-refractivity contribution < 1.29 is 27.2 Å². The highest BCUT2D eigenvalue weighted by atomic mass is 128. The molecule has 0 unspecified atom stereocenters. The molecule has 14 heteroatoms. The van der Waals surface area contributed by atoms with Crippen LogP contribution in [0.15, 0.2) is 12.1 Å². The van der Waals surface area contributed by atoms with Gasteiger partial charge in [0.05, 0.1) is 26.7 Å². The van der Waals surface area contributed by atoms with Gasteiger partial charge in [-0.15, -0.1) is 24.0 Å². The Labute approximate surface area is 229 Å². The first-order valence-electron chi connectivity index (χ1n) is 6.98. The standard InChI is InChI=1S/C9H4F3NO.C8HCl3FNO.I2.HI/c1-4(14)5-2-7(10)9(12)6(3-13)8(5)11;9-6-3(8(11)14)1-5(12)7(10)4(6)2-13;1-2;/h2H,1H3;1H;;1H. The lowest BCUT2D eigenvalue weighted by Gasteiger charge is -2.03. The number of halogens is 10. The van der Waals surface area contributed by atoms with Crippen molar-refractivity contribution in [3.8, 4) is 12.1 Å². The van der Waals surface area contributed by atoms with E-state index in [2.05, 4.69) is 37.2 Å². The Hall–Kier alpha value is -0.460. The van der Waals surface area contributed by atoms with E-state index >= 15 is 0 Å². The van der Waals surface area contributed by atoms with E-state index < -0.39 is 50.4 Å². The van der Waals surface area contributed by atoms with Crippen molar-refractivity contribution in [3.63, 3.8) is 0 Å². The Morgan fingerprint density at radius 1 is 0.871 bits per heavy atom. The lowest BCUT2D eigenvalue weighted by Crippen LogP contribution is -2.04. The van der Waals surface area contributed by atoms with Crippen LogP contribution in [0.2, 0.25) is 10.0 Å². The maximum atomic E-state index is 13.1. The molecule has 0 aliphatic rings. The molecule has 2 aromatic carbocycles. The number of rotatable bonds is 2. The van der Waals surface area contributed by atoms with Gasteiger partial charge >= 0.3 is 0 Å². The molecule has 2 rings (SSSR count). The molecule has 0 heterocycles. The Morgan fingerprint density at radius 2 is 1.32 bits per heavy atom. The van der Waals surface area contributed by atoms with Crippen molar-refractivity contribution in [1.29, 1.82) is 10.5 Å². The van der Waals surface area contributed by atoms with Gasteiger partial charge in [0, 0.05) is 37.2 Å². The van der Waals surface area contributed by atoms with E-state index in [1.165, 1.54) is 0 Å². The molecule has 0 aliphatic carbocycles. The summed E-state index contributed by atoms with van der Waals surface area (Å²) in [7, 11) is 0. The summed E-state index contributed by atoms with van der Waals surface area (Å²) < 4.78 is 51.6. The van der Waals surface area contributed by atoms with Gasteiger partial charge in [0.15, 0.2) is 23.2 Å². The quantitative estimate of drug-likeness (QED) is 0.101. The van der Waals surface area contributed by atoms with Crippen LogP contribution in [0.5, 0.6) is 0 Å². The molecule has 0 amide bonds. The van der Waals surface area contributed by atoms with Gasteiger partial charge < -0.3 is 0 Å². The number of hydrogen-bond acceptors (Lipinski definition) is 4. The third-order valence-corrected chi connectivity index (χ3v) is 4.09. The number of Topliss-reactive ketones (excluding diaryl/α,β-unsaturated/α-hetero) is 1. The minimum Gasteiger partial charge on any atom is -0.294 e. The predicted octanol–water partition coefficient (Wildman–Crippen LogP) is 7.95. The summed E-state index contributed by atoms with van der Waals surface area (Å²) in [6, 6.07) is 3.97. The van der Waals surface area contributed by atoms with Crippen molar-refractivity contribution in [3.05, 3.63) is 67.7 Å². The molecule has 0 aliphatic heterocycles. The average molecular weight is 833 g/mol. The molecule has 0 bridgehead atoms.